The van der Waals surface area contributed by atoms with E-state index in [0.29, 0.717) is 34.3 Å². The first-order valence-electron chi connectivity index (χ1n) is 10.3. The summed E-state index contributed by atoms with van der Waals surface area (Å²) >= 11 is 6.04. The molecule has 3 aromatic rings. The van der Waals surface area contributed by atoms with Gasteiger partial charge in [-0.1, -0.05) is 30.7 Å². The van der Waals surface area contributed by atoms with Gasteiger partial charge in [0.1, 0.15) is 17.3 Å². The maximum atomic E-state index is 13.0. The van der Waals surface area contributed by atoms with E-state index in [4.69, 9.17) is 20.8 Å². The molecular formula is C25H22ClNO5. The minimum atomic E-state index is -0.784. The van der Waals surface area contributed by atoms with E-state index in [-0.39, 0.29) is 17.9 Å². The van der Waals surface area contributed by atoms with E-state index in [0.717, 1.165) is 6.42 Å². The lowest BCUT2D eigenvalue weighted by molar-refractivity contribution is -0.140. The summed E-state index contributed by atoms with van der Waals surface area (Å²) in [5.74, 6) is -0.502. The number of benzene rings is 2. The highest BCUT2D eigenvalue weighted by Gasteiger charge is 2.46. The lowest BCUT2D eigenvalue weighted by Crippen LogP contribution is -2.29. The zero-order chi connectivity index (χ0) is 22.7. The summed E-state index contributed by atoms with van der Waals surface area (Å²) in [7, 11) is 0. The number of aliphatic hydroxyl groups is 1. The molecule has 4 rings (SSSR count). The van der Waals surface area contributed by atoms with Gasteiger partial charge in [0.25, 0.3) is 11.7 Å². The van der Waals surface area contributed by atoms with Crippen molar-refractivity contribution in [2.24, 2.45) is 0 Å². The molecule has 6 nitrogen and oxygen atoms in total. The molecular weight excluding hydrogens is 430 g/mol. The van der Waals surface area contributed by atoms with Crippen molar-refractivity contribution in [2.75, 3.05) is 6.61 Å². The quantitative estimate of drug-likeness (QED) is 0.298. The fraction of sp³-hybridized carbons (Fsp3) is 0.200. The van der Waals surface area contributed by atoms with E-state index in [1.807, 2.05) is 6.92 Å². The molecule has 0 radical (unpaired) electrons. The monoisotopic (exact) mass is 451 g/mol. The van der Waals surface area contributed by atoms with Gasteiger partial charge >= 0.3 is 0 Å². The molecule has 1 aliphatic heterocycles. The van der Waals surface area contributed by atoms with E-state index in [9.17, 15) is 14.7 Å². The highest BCUT2D eigenvalue weighted by Crippen LogP contribution is 2.40. The van der Waals surface area contributed by atoms with E-state index in [1.165, 1.54) is 11.2 Å². The second kappa shape index (κ2) is 9.32. The van der Waals surface area contributed by atoms with Crippen LogP contribution in [0, 0.1) is 0 Å². The Balaban J connectivity index is 1.77. The molecule has 2 aromatic carbocycles. The number of furan rings is 1. The summed E-state index contributed by atoms with van der Waals surface area (Å²) in [5.41, 5.74) is 1.10. The zero-order valence-corrected chi connectivity index (χ0v) is 18.2. The third-order valence-corrected chi connectivity index (χ3v) is 5.48. The molecule has 1 amide bonds. The number of carbonyl (C=O) groups is 2. The summed E-state index contributed by atoms with van der Waals surface area (Å²) < 4.78 is 11.0. The lowest BCUT2D eigenvalue weighted by atomic mass is 9.95. The SMILES string of the molecule is CCCOc1ccc(/C(O)=C2/C(=O)C(=O)N(Cc3ccco3)C2c2ccc(Cl)cc2)cc1. The van der Waals surface area contributed by atoms with Crippen LogP contribution in [0.1, 0.15) is 36.3 Å². The maximum Gasteiger partial charge on any atom is 0.296 e. The Morgan fingerprint density at radius 2 is 1.81 bits per heavy atom. The average Bonchev–Trinajstić information content (AvgIpc) is 3.41. The topological polar surface area (TPSA) is 80.0 Å². The van der Waals surface area contributed by atoms with Crippen molar-refractivity contribution < 1.29 is 23.8 Å². The largest absolute Gasteiger partial charge is 0.507 e. The molecule has 1 atom stereocenters. The van der Waals surface area contributed by atoms with Crippen molar-refractivity contribution in [3.63, 3.8) is 0 Å². The number of amides is 1. The van der Waals surface area contributed by atoms with Crippen LogP contribution < -0.4 is 4.74 Å². The van der Waals surface area contributed by atoms with Crippen LogP contribution in [-0.2, 0) is 16.1 Å². The van der Waals surface area contributed by atoms with Crippen LogP contribution in [0.15, 0.2) is 76.9 Å². The zero-order valence-electron chi connectivity index (χ0n) is 17.5. The number of hydrogen-bond acceptors (Lipinski definition) is 5. The number of ether oxygens (including phenoxy) is 1. The number of rotatable bonds is 7. The van der Waals surface area contributed by atoms with Gasteiger partial charge in [-0.3, -0.25) is 9.59 Å². The molecule has 1 aromatic heterocycles. The van der Waals surface area contributed by atoms with E-state index >= 15 is 0 Å². The van der Waals surface area contributed by atoms with Gasteiger partial charge in [0.05, 0.1) is 31.0 Å². The molecule has 32 heavy (non-hydrogen) atoms. The van der Waals surface area contributed by atoms with Crippen molar-refractivity contribution in [3.05, 3.63) is 94.4 Å². The third kappa shape index (κ3) is 4.27. The molecule has 1 unspecified atom stereocenters. The fourth-order valence-corrected chi connectivity index (χ4v) is 3.82. The minimum absolute atomic E-state index is 0.0195. The first kappa shape index (κ1) is 21.7. The second-order valence-electron chi connectivity index (χ2n) is 7.43. The van der Waals surface area contributed by atoms with Gasteiger partial charge in [0.2, 0.25) is 0 Å². The number of ketones is 1. The highest BCUT2D eigenvalue weighted by molar-refractivity contribution is 6.46. The van der Waals surface area contributed by atoms with Gasteiger partial charge in [-0.2, -0.15) is 0 Å². The molecule has 0 aliphatic carbocycles. The van der Waals surface area contributed by atoms with E-state index in [2.05, 4.69) is 0 Å². The minimum Gasteiger partial charge on any atom is -0.507 e. The van der Waals surface area contributed by atoms with Crippen LogP contribution >= 0.6 is 11.6 Å². The van der Waals surface area contributed by atoms with Gasteiger partial charge in [0, 0.05) is 10.6 Å². The Morgan fingerprint density at radius 1 is 1.09 bits per heavy atom. The molecule has 2 heterocycles. The van der Waals surface area contributed by atoms with Gasteiger partial charge < -0.3 is 19.2 Å². The summed E-state index contributed by atoms with van der Waals surface area (Å²) in [6.07, 6.45) is 2.38. The number of likely N-dealkylation sites (tertiary alicyclic amines) is 1. The number of carbonyl (C=O) groups excluding carboxylic acids is 2. The predicted molar refractivity (Wildman–Crippen MR) is 120 cm³/mol. The number of aliphatic hydroxyl groups excluding tert-OH is 1. The molecule has 1 fully saturated rings. The first-order valence-corrected chi connectivity index (χ1v) is 10.7. The number of Topliss-reactive ketones (excluding diaryl/α,β-unsaturated/α-hetero) is 1. The van der Waals surface area contributed by atoms with Crippen molar-refractivity contribution in [1.82, 2.24) is 4.90 Å². The summed E-state index contributed by atoms with van der Waals surface area (Å²) in [5, 5.41) is 11.6. The normalized spacial score (nSPS) is 17.7. The molecule has 0 bridgehead atoms. The predicted octanol–water partition coefficient (Wildman–Crippen LogP) is 5.34. The van der Waals surface area contributed by atoms with Crippen LogP contribution in [0.3, 0.4) is 0 Å². The van der Waals surface area contributed by atoms with Crippen LogP contribution in [-0.4, -0.2) is 28.3 Å². The average molecular weight is 452 g/mol. The van der Waals surface area contributed by atoms with Crippen molar-refractivity contribution in [3.8, 4) is 5.75 Å². The smallest absolute Gasteiger partial charge is 0.296 e. The summed E-state index contributed by atoms with van der Waals surface area (Å²) in [4.78, 5) is 27.4. The maximum absolute atomic E-state index is 13.0. The highest BCUT2D eigenvalue weighted by atomic mass is 35.5. The van der Waals surface area contributed by atoms with Crippen molar-refractivity contribution in [1.29, 1.82) is 0 Å². The molecule has 1 saturated heterocycles. The third-order valence-electron chi connectivity index (χ3n) is 5.23. The fourth-order valence-electron chi connectivity index (χ4n) is 3.69. The number of halogens is 1. The number of hydrogen-bond donors (Lipinski definition) is 1. The van der Waals surface area contributed by atoms with Crippen LogP contribution in [0.2, 0.25) is 5.02 Å². The Bertz CT molecular complexity index is 1130. The molecule has 0 spiro atoms. The summed E-state index contributed by atoms with van der Waals surface area (Å²) in [6.45, 7) is 2.68. The van der Waals surface area contributed by atoms with Gasteiger partial charge in [-0.15, -0.1) is 0 Å². The standard InChI is InChI=1S/C25H22ClNO5/c1-2-13-31-19-11-7-17(8-12-19)23(28)21-22(16-5-9-18(26)10-6-16)27(25(30)24(21)29)15-20-4-3-14-32-20/h3-12,14,22,28H,2,13,15H2,1H3/b23-21-. The lowest BCUT2D eigenvalue weighted by Gasteiger charge is -2.24. The number of nitrogens with zero attached hydrogens (tertiary/aromatic N) is 1. The van der Waals surface area contributed by atoms with Crippen LogP contribution in [0.4, 0.5) is 0 Å². The molecule has 0 saturated carbocycles. The van der Waals surface area contributed by atoms with Crippen molar-refractivity contribution >= 4 is 29.1 Å². The second-order valence-corrected chi connectivity index (χ2v) is 7.87. The van der Waals surface area contributed by atoms with Gasteiger partial charge in [-0.25, -0.2) is 0 Å². The molecule has 1 N–H and O–H groups in total. The Labute approximate surface area is 190 Å². The van der Waals surface area contributed by atoms with Gasteiger partial charge in [-0.05, 0) is 60.5 Å². The van der Waals surface area contributed by atoms with Gasteiger partial charge in [0.15, 0.2) is 0 Å². The Kier molecular flexibility index (Phi) is 6.32. The molecule has 1 aliphatic rings. The Morgan fingerprint density at radius 3 is 2.44 bits per heavy atom. The Hall–Kier alpha value is -3.51. The van der Waals surface area contributed by atoms with E-state index in [1.54, 1.807) is 60.7 Å². The van der Waals surface area contributed by atoms with Crippen LogP contribution in [0.25, 0.3) is 5.76 Å². The summed E-state index contributed by atoms with van der Waals surface area (Å²) in [6, 6.07) is 16.3. The van der Waals surface area contributed by atoms with Crippen LogP contribution in [0.5, 0.6) is 5.75 Å². The van der Waals surface area contributed by atoms with E-state index < -0.39 is 17.7 Å². The first-order chi connectivity index (χ1) is 15.5. The molecule has 164 valence electrons. The van der Waals surface area contributed by atoms with Crippen molar-refractivity contribution in [2.45, 2.75) is 25.9 Å². The molecule has 7 heteroatoms.